The second-order valence-electron chi connectivity index (χ2n) is 4.29. The minimum atomic E-state index is -1.23. The molecule has 0 N–H and O–H groups in total. The Morgan fingerprint density at radius 3 is 2.09 bits per heavy atom. The van der Waals surface area contributed by atoms with Gasteiger partial charge in [0.1, 0.15) is 12.9 Å². The molecule has 0 bridgehead atoms. The van der Waals surface area contributed by atoms with Crippen molar-refractivity contribution in [2.45, 2.75) is 12.8 Å². The largest absolute Gasteiger partial charge is 0.497 e. The molecule has 0 fully saturated rings. The summed E-state index contributed by atoms with van der Waals surface area (Å²) in [5.74, 6) is -2.21. The Balaban J connectivity index is 3.53. The fraction of sp³-hybridized carbons (Fsp3) is 0.400. The predicted molar refractivity (Wildman–Crippen MR) is 79.0 cm³/mol. The van der Waals surface area contributed by atoms with Crippen molar-refractivity contribution in [1.82, 2.24) is 0 Å². The van der Waals surface area contributed by atoms with E-state index in [1.54, 1.807) is 25.1 Å². The van der Waals surface area contributed by atoms with Crippen molar-refractivity contribution in [3.8, 4) is 5.75 Å². The number of hydrogen-bond donors (Lipinski definition) is 0. The van der Waals surface area contributed by atoms with Crippen LogP contribution in [0.15, 0.2) is 23.4 Å². The molecule has 0 saturated heterocycles. The van der Waals surface area contributed by atoms with E-state index in [4.69, 9.17) is 19.0 Å². The summed E-state index contributed by atoms with van der Waals surface area (Å²) in [6, 6.07) is 4.95. The number of rotatable bonds is 6. The highest BCUT2D eigenvalue weighted by Crippen LogP contribution is 2.28. The van der Waals surface area contributed by atoms with Crippen molar-refractivity contribution < 1.29 is 28.6 Å². The van der Waals surface area contributed by atoms with Crippen LogP contribution in [0.2, 0.25) is 0 Å². The standard InChI is InChI=1S/C15H19NO6/c1-9(16-22-5)11-7-6-10(19-2)8-12(11)13(14(17)20-3)15(18)21-4/h6-8,13H,1-5H3/b16-9+. The number of benzene rings is 1. The van der Waals surface area contributed by atoms with Crippen molar-refractivity contribution in [1.29, 1.82) is 0 Å². The molecule has 0 spiro atoms. The maximum Gasteiger partial charge on any atom is 0.324 e. The number of nitrogens with zero attached hydrogens (tertiary/aromatic N) is 1. The highest BCUT2D eigenvalue weighted by Gasteiger charge is 2.33. The highest BCUT2D eigenvalue weighted by molar-refractivity contribution is 6.06. The lowest BCUT2D eigenvalue weighted by Gasteiger charge is -2.17. The van der Waals surface area contributed by atoms with Crippen LogP contribution in [0.1, 0.15) is 24.0 Å². The Labute approximate surface area is 128 Å². The Kier molecular flexibility index (Phi) is 6.37. The smallest absolute Gasteiger partial charge is 0.324 e. The van der Waals surface area contributed by atoms with Crippen LogP contribution in [-0.2, 0) is 23.9 Å². The van der Waals surface area contributed by atoms with Crippen molar-refractivity contribution >= 4 is 17.7 Å². The molecule has 22 heavy (non-hydrogen) atoms. The molecule has 0 amide bonds. The Bertz CT molecular complexity index is 565. The molecule has 1 aromatic carbocycles. The van der Waals surface area contributed by atoms with Crippen LogP contribution in [0.5, 0.6) is 5.75 Å². The quantitative estimate of drug-likeness (QED) is 0.343. The normalized spacial score (nSPS) is 11.1. The van der Waals surface area contributed by atoms with Crippen LogP contribution in [0.25, 0.3) is 0 Å². The van der Waals surface area contributed by atoms with Crippen molar-refractivity contribution in [2.24, 2.45) is 5.16 Å². The van der Waals surface area contributed by atoms with Crippen molar-refractivity contribution in [2.75, 3.05) is 28.4 Å². The molecule has 0 aromatic heterocycles. The molecule has 1 rings (SSSR count). The van der Waals surface area contributed by atoms with Gasteiger partial charge < -0.3 is 19.0 Å². The Hall–Kier alpha value is -2.57. The third-order valence-electron chi connectivity index (χ3n) is 3.06. The summed E-state index contributed by atoms with van der Waals surface area (Å²) in [6.45, 7) is 1.69. The number of carbonyl (C=O) groups is 2. The highest BCUT2D eigenvalue weighted by atomic mass is 16.6. The molecule has 7 heteroatoms. The number of ether oxygens (including phenoxy) is 3. The first-order valence-corrected chi connectivity index (χ1v) is 6.41. The van der Waals surface area contributed by atoms with Crippen LogP contribution in [0.3, 0.4) is 0 Å². The molecule has 0 heterocycles. The molecule has 0 aliphatic carbocycles. The molecular weight excluding hydrogens is 290 g/mol. The summed E-state index contributed by atoms with van der Waals surface area (Å²) in [4.78, 5) is 28.8. The summed E-state index contributed by atoms with van der Waals surface area (Å²) in [7, 11) is 5.30. The van der Waals surface area contributed by atoms with Crippen LogP contribution in [-0.4, -0.2) is 46.1 Å². The maximum absolute atomic E-state index is 12.0. The lowest BCUT2D eigenvalue weighted by molar-refractivity contribution is -0.154. The van der Waals surface area contributed by atoms with E-state index in [-0.39, 0.29) is 0 Å². The molecule has 0 unspecified atom stereocenters. The molecular formula is C15H19NO6. The van der Waals surface area contributed by atoms with Crippen LogP contribution in [0, 0.1) is 0 Å². The van der Waals surface area contributed by atoms with Gasteiger partial charge >= 0.3 is 11.9 Å². The van der Waals surface area contributed by atoms with Crippen molar-refractivity contribution in [3.63, 3.8) is 0 Å². The fourth-order valence-corrected chi connectivity index (χ4v) is 2.01. The van der Waals surface area contributed by atoms with Crippen LogP contribution >= 0.6 is 0 Å². The minimum absolute atomic E-state index is 0.372. The van der Waals surface area contributed by atoms with Gasteiger partial charge in [0.2, 0.25) is 0 Å². The van der Waals surface area contributed by atoms with E-state index >= 15 is 0 Å². The predicted octanol–water partition coefficient (Wildman–Crippen LogP) is 1.50. The van der Waals surface area contributed by atoms with Crippen LogP contribution in [0.4, 0.5) is 0 Å². The van der Waals surface area contributed by atoms with E-state index in [9.17, 15) is 9.59 Å². The average Bonchev–Trinajstić information content (AvgIpc) is 2.54. The zero-order valence-corrected chi connectivity index (χ0v) is 13.2. The van der Waals surface area contributed by atoms with E-state index in [2.05, 4.69) is 5.16 Å². The van der Waals surface area contributed by atoms with Gasteiger partial charge in [-0.15, -0.1) is 0 Å². The van der Waals surface area contributed by atoms with Gasteiger partial charge in [0.05, 0.1) is 27.0 Å². The summed E-state index contributed by atoms with van der Waals surface area (Å²) >= 11 is 0. The van der Waals surface area contributed by atoms with E-state index in [0.717, 1.165) is 0 Å². The van der Waals surface area contributed by atoms with Gasteiger partial charge in [0.25, 0.3) is 0 Å². The summed E-state index contributed by atoms with van der Waals surface area (Å²) in [6.07, 6.45) is 0. The van der Waals surface area contributed by atoms with Gasteiger partial charge in [-0.2, -0.15) is 0 Å². The Morgan fingerprint density at radius 1 is 1.05 bits per heavy atom. The number of hydrogen-bond acceptors (Lipinski definition) is 7. The lowest BCUT2D eigenvalue weighted by Crippen LogP contribution is -2.26. The topological polar surface area (TPSA) is 83.4 Å². The summed E-state index contributed by atoms with van der Waals surface area (Å²) < 4.78 is 14.6. The lowest BCUT2D eigenvalue weighted by atomic mass is 9.92. The average molecular weight is 309 g/mol. The zero-order valence-electron chi connectivity index (χ0n) is 13.2. The third kappa shape index (κ3) is 3.75. The number of carbonyl (C=O) groups excluding carboxylic acids is 2. The van der Waals surface area contributed by atoms with Gasteiger partial charge in [-0.3, -0.25) is 9.59 Å². The first-order valence-electron chi connectivity index (χ1n) is 6.41. The van der Waals surface area contributed by atoms with Gasteiger partial charge in [-0.1, -0.05) is 5.16 Å². The molecule has 0 aliphatic rings. The number of methoxy groups -OCH3 is 3. The fourth-order valence-electron chi connectivity index (χ4n) is 2.01. The van der Waals surface area contributed by atoms with E-state index in [1.807, 2.05) is 0 Å². The van der Waals surface area contributed by atoms with E-state index < -0.39 is 17.9 Å². The molecule has 120 valence electrons. The van der Waals surface area contributed by atoms with E-state index in [1.165, 1.54) is 28.4 Å². The maximum atomic E-state index is 12.0. The molecule has 0 aliphatic heterocycles. The minimum Gasteiger partial charge on any atom is -0.497 e. The van der Waals surface area contributed by atoms with Gasteiger partial charge in [0.15, 0.2) is 5.92 Å². The Morgan fingerprint density at radius 2 is 1.64 bits per heavy atom. The van der Waals surface area contributed by atoms with E-state index in [0.29, 0.717) is 22.6 Å². The molecule has 0 radical (unpaired) electrons. The first kappa shape index (κ1) is 17.5. The summed E-state index contributed by atoms with van der Waals surface area (Å²) in [5.41, 5.74) is 1.43. The SMILES string of the molecule is CO/N=C(\C)c1ccc(OC)cc1C(C(=O)OC)C(=O)OC. The van der Waals surface area contributed by atoms with Crippen LogP contribution < -0.4 is 4.74 Å². The van der Waals surface area contributed by atoms with Crippen molar-refractivity contribution in [3.05, 3.63) is 29.3 Å². The second kappa shape index (κ2) is 8.02. The van der Waals surface area contributed by atoms with Gasteiger partial charge in [-0.05, 0) is 30.7 Å². The third-order valence-corrected chi connectivity index (χ3v) is 3.06. The molecule has 0 atom stereocenters. The molecule has 0 saturated carbocycles. The monoisotopic (exact) mass is 309 g/mol. The number of esters is 2. The summed E-state index contributed by atoms with van der Waals surface area (Å²) in [5, 5.41) is 3.84. The second-order valence-corrected chi connectivity index (χ2v) is 4.29. The number of oxime groups is 1. The molecule has 7 nitrogen and oxygen atoms in total. The van der Waals surface area contributed by atoms with Gasteiger partial charge in [0, 0.05) is 5.56 Å². The van der Waals surface area contributed by atoms with Gasteiger partial charge in [-0.25, -0.2) is 0 Å². The zero-order chi connectivity index (χ0) is 16.7. The molecule has 1 aromatic rings. The first-order chi connectivity index (χ1) is 10.5.